The number of thiophene rings is 1. The summed E-state index contributed by atoms with van der Waals surface area (Å²) in [7, 11) is 3.09. The molecule has 14 heteroatoms. The van der Waals surface area contributed by atoms with E-state index in [2.05, 4.69) is 10.4 Å². The molecule has 3 aromatic heterocycles. The van der Waals surface area contributed by atoms with Crippen molar-refractivity contribution in [2.75, 3.05) is 26.0 Å². The summed E-state index contributed by atoms with van der Waals surface area (Å²) in [6.07, 6.45) is -5.52. The van der Waals surface area contributed by atoms with E-state index in [9.17, 15) is 31.9 Å². The van der Waals surface area contributed by atoms with Crippen LogP contribution in [0.1, 0.15) is 79.5 Å². The van der Waals surface area contributed by atoms with Gasteiger partial charge in [-0.05, 0) is 37.1 Å². The zero-order valence-electron chi connectivity index (χ0n) is 20.3. The van der Waals surface area contributed by atoms with Crippen molar-refractivity contribution in [3.05, 3.63) is 57.1 Å². The Kier molecular flexibility index (Phi) is 8.73. The van der Waals surface area contributed by atoms with Crippen LogP contribution >= 0.6 is 11.3 Å². The van der Waals surface area contributed by atoms with Crippen molar-refractivity contribution in [2.45, 2.75) is 39.7 Å². The summed E-state index contributed by atoms with van der Waals surface area (Å²) in [4.78, 5) is 39.7. The molecule has 0 bridgehead atoms. The molecule has 2 amide bonds. The van der Waals surface area contributed by atoms with Crippen molar-refractivity contribution in [1.29, 1.82) is 0 Å². The number of ether oxygens (including phenoxy) is 1. The molecule has 0 aliphatic heterocycles. The van der Waals surface area contributed by atoms with Crippen LogP contribution in [0.2, 0.25) is 0 Å². The van der Waals surface area contributed by atoms with Crippen molar-refractivity contribution >= 4 is 34.1 Å². The molecule has 0 saturated heterocycles. The van der Waals surface area contributed by atoms with Crippen LogP contribution in [0.15, 0.2) is 22.6 Å². The van der Waals surface area contributed by atoms with Crippen LogP contribution in [-0.4, -0.2) is 53.2 Å². The second-order valence-corrected chi connectivity index (χ2v) is 9.09. The van der Waals surface area contributed by atoms with E-state index in [4.69, 9.17) is 9.15 Å². The SMILES string of the molecule is CCCOC(=O)c1c(NC(=O)c2ccc(Cn3nc(C(F)F)cc3C(F)F)o2)sc(C(=O)N(C)C)c1C. The fourth-order valence-corrected chi connectivity index (χ4v) is 4.49. The van der Waals surface area contributed by atoms with Crippen LogP contribution in [0.25, 0.3) is 0 Å². The van der Waals surface area contributed by atoms with E-state index in [0.717, 1.165) is 11.3 Å². The Labute approximate surface area is 213 Å². The van der Waals surface area contributed by atoms with Crippen LogP contribution in [0, 0.1) is 6.92 Å². The molecule has 37 heavy (non-hydrogen) atoms. The van der Waals surface area contributed by atoms with Crippen molar-refractivity contribution in [1.82, 2.24) is 14.7 Å². The number of hydrogen-bond donors (Lipinski definition) is 1. The molecule has 0 saturated carbocycles. The van der Waals surface area contributed by atoms with Gasteiger partial charge < -0.3 is 19.4 Å². The fraction of sp³-hybridized carbons (Fsp3) is 0.391. The third kappa shape index (κ3) is 6.18. The van der Waals surface area contributed by atoms with Crippen molar-refractivity contribution < 1.29 is 41.1 Å². The first kappa shape index (κ1) is 27.9. The molecule has 200 valence electrons. The maximum Gasteiger partial charge on any atom is 0.341 e. The minimum Gasteiger partial charge on any atom is -0.462 e. The Morgan fingerprint density at radius 1 is 1.19 bits per heavy atom. The van der Waals surface area contributed by atoms with Gasteiger partial charge >= 0.3 is 5.97 Å². The van der Waals surface area contributed by atoms with Gasteiger partial charge in [0.2, 0.25) is 0 Å². The molecule has 0 radical (unpaired) electrons. The van der Waals surface area contributed by atoms with Gasteiger partial charge in [-0.15, -0.1) is 11.3 Å². The highest BCUT2D eigenvalue weighted by Gasteiger charge is 2.28. The molecule has 0 unspecified atom stereocenters. The summed E-state index contributed by atoms with van der Waals surface area (Å²) >= 11 is 0.893. The number of esters is 1. The number of rotatable bonds is 10. The van der Waals surface area contributed by atoms with Gasteiger partial charge in [0.15, 0.2) is 5.76 Å². The van der Waals surface area contributed by atoms with Crippen LogP contribution in [0.4, 0.5) is 22.6 Å². The van der Waals surface area contributed by atoms with Crippen molar-refractivity contribution in [3.8, 4) is 0 Å². The predicted octanol–water partition coefficient (Wildman–Crippen LogP) is 5.29. The minimum absolute atomic E-state index is 0.00406. The molecule has 0 atom stereocenters. The Morgan fingerprint density at radius 2 is 1.89 bits per heavy atom. The summed E-state index contributed by atoms with van der Waals surface area (Å²) in [5, 5.41) is 6.09. The molecule has 0 spiro atoms. The molecule has 0 aliphatic rings. The van der Waals surface area contributed by atoms with Crippen LogP contribution in [0.3, 0.4) is 0 Å². The standard InChI is InChI=1S/C23H24F4N4O5S/c1-5-8-35-23(34)16-11(2)17(22(33)30(3)4)37-21(16)28-20(32)15-7-6-12(36-15)10-31-14(19(26)27)9-13(29-31)18(24)25/h6-7,9,18-19H,5,8,10H2,1-4H3,(H,28,32). The van der Waals surface area contributed by atoms with Gasteiger partial charge in [0.1, 0.15) is 22.1 Å². The highest BCUT2D eigenvalue weighted by Crippen LogP contribution is 2.35. The van der Waals surface area contributed by atoms with Crippen LogP contribution in [-0.2, 0) is 11.3 Å². The van der Waals surface area contributed by atoms with E-state index in [1.807, 2.05) is 6.92 Å². The average molecular weight is 545 g/mol. The summed E-state index contributed by atoms with van der Waals surface area (Å²) in [5.41, 5.74) is -1.16. The highest BCUT2D eigenvalue weighted by atomic mass is 32.1. The van der Waals surface area contributed by atoms with E-state index >= 15 is 0 Å². The van der Waals surface area contributed by atoms with E-state index < -0.39 is 42.7 Å². The number of carbonyl (C=O) groups is 3. The Morgan fingerprint density at radius 3 is 2.49 bits per heavy atom. The second-order valence-electron chi connectivity index (χ2n) is 8.07. The van der Waals surface area contributed by atoms with Crippen molar-refractivity contribution in [3.63, 3.8) is 0 Å². The third-order valence-corrected chi connectivity index (χ3v) is 6.28. The zero-order valence-corrected chi connectivity index (χ0v) is 21.1. The van der Waals surface area contributed by atoms with Crippen LogP contribution in [0.5, 0.6) is 0 Å². The molecule has 0 aliphatic carbocycles. The zero-order chi connectivity index (χ0) is 27.4. The first-order valence-corrected chi connectivity index (χ1v) is 11.8. The van der Waals surface area contributed by atoms with Gasteiger partial charge in [-0.3, -0.25) is 14.3 Å². The molecule has 3 rings (SSSR count). The Balaban J connectivity index is 1.86. The second kappa shape index (κ2) is 11.6. The fourth-order valence-electron chi connectivity index (χ4n) is 3.28. The number of halogens is 4. The lowest BCUT2D eigenvalue weighted by Gasteiger charge is -2.09. The molecule has 3 aromatic rings. The van der Waals surface area contributed by atoms with Gasteiger partial charge in [0.25, 0.3) is 24.7 Å². The first-order chi connectivity index (χ1) is 17.4. The maximum atomic E-state index is 13.2. The topological polar surface area (TPSA) is 107 Å². The van der Waals surface area contributed by atoms with E-state index in [1.54, 1.807) is 21.0 Å². The number of anilines is 1. The number of nitrogens with zero attached hydrogens (tertiary/aromatic N) is 3. The lowest BCUT2D eigenvalue weighted by molar-refractivity contribution is 0.0506. The normalized spacial score (nSPS) is 11.3. The summed E-state index contributed by atoms with van der Waals surface area (Å²) in [5.74, 6) is -2.11. The van der Waals surface area contributed by atoms with Crippen molar-refractivity contribution in [2.24, 2.45) is 0 Å². The quantitative estimate of drug-likeness (QED) is 0.275. The number of alkyl halides is 4. The van der Waals surface area contributed by atoms with E-state index in [1.165, 1.54) is 17.0 Å². The maximum absolute atomic E-state index is 13.2. The Hall–Kier alpha value is -3.68. The number of aromatic nitrogens is 2. The smallest absolute Gasteiger partial charge is 0.341 e. The molecular weight excluding hydrogens is 520 g/mol. The molecular formula is C23H24F4N4O5S. The summed E-state index contributed by atoms with van der Waals surface area (Å²) < 4.78 is 63.6. The number of nitrogens with one attached hydrogen (secondary N) is 1. The van der Waals surface area contributed by atoms with E-state index in [-0.39, 0.29) is 39.5 Å². The third-order valence-electron chi connectivity index (χ3n) is 5.08. The van der Waals surface area contributed by atoms with Gasteiger partial charge in [-0.1, -0.05) is 6.92 Å². The van der Waals surface area contributed by atoms with Gasteiger partial charge in [-0.2, -0.15) is 5.10 Å². The summed E-state index contributed by atoms with van der Waals surface area (Å²) in [6, 6.07) is 3.17. The minimum atomic E-state index is -3.05. The number of amides is 2. The first-order valence-electron chi connectivity index (χ1n) is 11.0. The average Bonchev–Trinajstić information content (AvgIpc) is 3.55. The van der Waals surface area contributed by atoms with Gasteiger partial charge in [-0.25, -0.2) is 22.4 Å². The lowest BCUT2D eigenvalue weighted by Crippen LogP contribution is -2.21. The predicted molar refractivity (Wildman–Crippen MR) is 126 cm³/mol. The molecule has 9 nitrogen and oxygen atoms in total. The summed E-state index contributed by atoms with van der Waals surface area (Å²) in [6.45, 7) is 3.09. The molecule has 3 heterocycles. The lowest BCUT2D eigenvalue weighted by atomic mass is 10.1. The van der Waals surface area contributed by atoms with Gasteiger partial charge in [0, 0.05) is 14.1 Å². The monoisotopic (exact) mass is 544 g/mol. The van der Waals surface area contributed by atoms with Gasteiger partial charge in [0.05, 0.1) is 23.6 Å². The Bertz CT molecular complexity index is 1300. The number of carbonyl (C=O) groups excluding carboxylic acids is 3. The number of hydrogen-bond acceptors (Lipinski definition) is 7. The highest BCUT2D eigenvalue weighted by molar-refractivity contribution is 7.18. The number of furan rings is 1. The molecule has 0 fully saturated rings. The van der Waals surface area contributed by atoms with E-state index in [0.29, 0.717) is 22.7 Å². The molecule has 0 aromatic carbocycles. The van der Waals surface area contributed by atoms with Crippen LogP contribution < -0.4 is 5.32 Å². The largest absolute Gasteiger partial charge is 0.462 e. The molecule has 1 N–H and O–H groups in total.